The van der Waals surface area contributed by atoms with Crippen molar-refractivity contribution in [2.24, 2.45) is 4.99 Å². The van der Waals surface area contributed by atoms with Gasteiger partial charge in [-0.05, 0) is 50.1 Å². The van der Waals surface area contributed by atoms with Gasteiger partial charge in [0.1, 0.15) is 12.4 Å². The molecule has 2 aromatic rings. The first kappa shape index (κ1) is 18.8. The molecule has 5 heteroatoms. The number of ether oxygens (including phenoxy) is 1. The van der Waals surface area contributed by atoms with Crippen LogP contribution in [0.5, 0.6) is 5.75 Å². The second-order valence-electron chi connectivity index (χ2n) is 5.90. The van der Waals surface area contributed by atoms with Crippen molar-refractivity contribution in [3.63, 3.8) is 0 Å². The summed E-state index contributed by atoms with van der Waals surface area (Å²) < 4.78 is 5.76. The van der Waals surface area contributed by atoms with Crippen LogP contribution in [0.1, 0.15) is 38.4 Å². The van der Waals surface area contributed by atoms with Gasteiger partial charge in [-0.15, -0.1) is 0 Å². The van der Waals surface area contributed by atoms with Crippen molar-refractivity contribution in [3.05, 3.63) is 59.9 Å². The van der Waals surface area contributed by atoms with Crippen LogP contribution in [0.15, 0.2) is 53.7 Å². The maximum Gasteiger partial charge on any atom is 0.191 e. The molecule has 0 aliphatic carbocycles. The maximum absolute atomic E-state index is 5.76. The molecule has 2 rings (SSSR count). The highest BCUT2D eigenvalue weighted by Gasteiger charge is 2.03. The van der Waals surface area contributed by atoms with Crippen LogP contribution >= 0.6 is 0 Å². The summed E-state index contributed by atoms with van der Waals surface area (Å²) in [6.45, 7) is 8.34. The van der Waals surface area contributed by atoms with Crippen molar-refractivity contribution >= 4 is 5.96 Å². The third-order valence-electron chi connectivity index (χ3n) is 3.80. The zero-order valence-electron chi connectivity index (χ0n) is 15.3. The number of nitrogens with one attached hydrogen (secondary N) is 2. The topological polar surface area (TPSA) is 58.5 Å². The van der Waals surface area contributed by atoms with E-state index in [0.29, 0.717) is 19.2 Å². The summed E-state index contributed by atoms with van der Waals surface area (Å²) in [7, 11) is 0. The lowest BCUT2D eigenvalue weighted by molar-refractivity contribution is 0.301. The van der Waals surface area contributed by atoms with E-state index in [4.69, 9.17) is 4.74 Å². The monoisotopic (exact) mass is 340 g/mol. The number of hydrogen-bond acceptors (Lipinski definition) is 3. The molecule has 25 heavy (non-hydrogen) atoms. The SMILES string of the molecule is CCNC(=NCc1ccc(OCc2ccccn2)cc1)NC(C)CC. The largest absolute Gasteiger partial charge is 0.487 e. The smallest absolute Gasteiger partial charge is 0.191 e. The Morgan fingerprint density at radius 3 is 2.60 bits per heavy atom. The Hall–Kier alpha value is -2.56. The molecule has 2 N–H and O–H groups in total. The van der Waals surface area contributed by atoms with Crippen molar-refractivity contribution in [3.8, 4) is 5.75 Å². The van der Waals surface area contributed by atoms with Gasteiger partial charge < -0.3 is 15.4 Å². The van der Waals surface area contributed by atoms with Gasteiger partial charge in [-0.25, -0.2) is 4.99 Å². The minimum absolute atomic E-state index is 0.403. The Bertz CT molecular complexity index is 641. The van der Waals surface area contributed by atoms with Crippen LogP contribution in [0, 0.1) is 0 Å². The van der Waals surface area contributed by atoms with Crippen molar-refractivity contribution in [2.75, 3.05) is 6.54 Å². The van der Waals surface area contributed by atoms with E-state index in [1.54, 1.807) is 6.20 Å². The number of aliphatic imine (C=N–C) groups is 1. The minimum atomic E-state index is 0.403. The lowest BCUT2D eigenvalue weighted by Gasteiger charge is -2.16. The Morgan fingerprint density at radius 2 is 1.96 bits per heavy atom. The van der Waals surface area contributed by atoms with Gasteiger partial charge in [0.15, 0.2) is 5.96 Å². The quantitative estimate of drug-likeness (QED) is 0.570. The van der Waals surface area contributed by atoms with Crippen molar-refractivity contribution in [2.45, 2.75) is 46.4 Å². The average Bonchev–Trinajstić information content (AvgIpc) is 2.66. The molecule has 0 bridgehead atoms. The average molecular weight is 340 g/mol. The first-order chi connectivity index (χ1) is 12.2. The lowest BCUT2D eigenvalue weighted by atomic mass is 10.2. The predicted octanol–water partition coefficient (Wildman–Crippen LogP) is 3.51. The molecule has 1 unspecified atom stereocenters. The molecule has 0 amide bonds. The highest BCUT2D eigenvalue weighted by Crippen LogP contribution is 2.14. The number of benzene rings is 1. The van der Waals surface area contributed by atoms with E-state index in [2.05, 4.69) is 41.4 Å². The summed E-state index contributed by atoms with van der Waals surface area (Å²) in [6.07, 6.45) is 2.84. The standard InChI is InChI=1S/C20H28N4O/c1-4-16(3)24-20(21-5-2)23-14-17-9-11-19(12-10-17)25-15-18-8-6-7-13-22-18/h6-13,16H,4-5,14-15H2,1-3H3,(H2,21,23,24). The Kier molecular flexibility index (Phi) is 7.76. The second kappa shape index (κ2) is 10.3. The molecular weight excluding hydrogens is 312 g/mol. The third-order valence-corrected chi connectivity index (χ3v) is 3.80. The Labute approximate surface area is 150 Å². The highest BCUT2D eigenvalue weighted by atomic mass is 16.5. The molecule has 0 radical (unpaired) electrons. The van der Waals surface area contributed by atoms with Gasteiger partial charge in [0, 0.05) is 18.8 Å². The fourth-order valence-electron chi connectivity index (χ4n) is 2.16. The van der Waals surface area contributed by atoms with Crippen molar-refractivity contribution < 1.29 is 4.74 Å². The van der Waals surface area contributed by atoms with E-state index in [0.717, 1.165) is 35.9 Å². The fourth-order valence-corrected chi connectivity index (χ4v) is 2.16. The van der Waals surface area contributed by atoms with Gasteiger partial charge in [0.2, 0.25) is 0 Å². The van der Waals surface area contributed by atoms with Crippen LogP contribution in [0.25, 0.3) is 0 Å². The molecule has 0 aliphatic rings. The minimum Gasteiger partial charge on any atom is -0.487 e. The zero-order valence-corrected chi connectivity index (χ0v) is 15.3. The van der Waals surface area contributed by atoms with Crippen molar-refractivity contribution in [1.29, 1.82) is 0 Å². The molecule has 1 heterocycles. The van der Waals surface area contributed by atoms with E-state index < -0.39 is 0 Å². The third kappa shape index (κ3) is 6.83. The highest BCUT2D eigenvalue weighted by molar-refractivity contribution is 5.80. The van der Waals surface area contributed by atoms with E-state index >= 15 is 0 Å². The lowest BCUT2D eigenvalue weighted by Crippen LogP contribution is -2.41. The van der Waals surface area contributed by atoms with Crippen LogP contribution in [-0.4, -0.2) is 23.5 Å². The first-order valence-corrected chi connectivity index (χ1v) is 8.87. The zero-order chi connectivity index (χ0) is 17.9. The molecular formula is C20H28N4O. The molecule has 5 nitrogen and oxygen atoms in total. The van der Waals surface area contributed by atoms with E-state index in [9.17, 15) is 0 Å². The van der Waals surface area contributed by atoms with Gasteiger partial charge in [0.25, 0.3) is 0 Å². The number of hydrogen-bond donors (Lipinski definition) is 2. The summed E-state index contributed by atoms with van der Waals surface area (Å²) >= 11 is 0. The van der Waals surface area contributed by atoms with Crippen LogP contribution in [0.2, 0.25) is 0 Å². The van der Waals surface area contributed by atoms with E-state index in [1.807, 2.05) is 42.5 Å². The van der Waals surface area contributed by atoms with E-state index in [1.165, 1.54) is 0 Å². The molecule has 0 aliphatic heterocycles. The van der Waals surface area contributed by atoms with Gasteiger partial charge in [-0.1, -0.05) is 25.1 Å². The van der Waals surface area contributed by atoms with Crippen LogP contribution in [-0.2, 0) is 13.2 Å². The maximum atomic E-state index is 5.76. The van der Waals surface area contributed by atoms with Crippen LogP contribution in [0.3, 0.4) is 0 Å². The number of nitrogens with zero attached hydrogens (tertiary/aromatic N) is 2. The summed E-state index contributed by atoms with van der Waals surface area (Å²) in [6, 6.07) is 14.3. The summed E-state index contributed by atoms with van der Waals surface area (Å²) in [5.41, 5.74) is 2.06. The molecule has 0 spiro atoms. The molecule has 1 atom stereocenters. The normalized spacial score (nSPS) is 12.5. The fraction of sp³-hybridized carbons (Fsp3) is 0.400. The number of pyridine rings is 1. The first-order valence-electron chi connectivity index (χ1n) is 8.87. The van der Waals surface area contributed by atoms with Crippen LogP contribution < -0.4 is 15.4 Å². The van der Waals surface area contributed by atoms with Gasteiger partial charge >= 0.3 is 0 Å². The van der Waals surface area contributed by atoms with Crippen LogP contribution in [0.4, 0.5) is 0 Å². The molecule has 1 aromatic carbocycles. The van der Waals surface area contributed by atoms with Gasteiger partial charge in [0.05, 0.1) is 12.2 Å². The van der Waals surface area contributed by atoms with E-state index in [-0.39, 0.29) is 0 Å². The molecule has 0 fully saturated rings. The number of aromatic nitrogens is 1. The second-order valence-corrected chi connectivity index (χ2v) is 5.90. The van der Waals surface area contributed by atoms with Gasteiger partial charge in [-0.3, -0.25) is 4.98 Å². The summed E-state index contributed by atoms with van der Waals surface area (Å²) in [4.78, 5) is 8.89. The van der Waals surface area contributed by atoms with Crippen molar-refractivity contribution in [1.82, 2.24) is 15.6 Å². The Balaban J connectivity index is 1.88. The molecule has 134 valence electrons. The summed E-state index contributed by atoms with van der Waals surface area (Å²) in [5.74, 6) is 1.69. The molecule has 0 saturated heterocycles. The predicted molar refractivity (Wildman–Crippen MR) is 103 cm³/mol. The number of rotatable bonds is 8. The molecule has 0 saturated carbocycles. The summed E-state index contributed by atoms with van der Waals surface area (Å²) in [5, 5.41) is 6.67. The van der Waals surface area contributed by atoms with Gasteiger partial charge in [-0.2, -0.15) is 0 Å². The number of guanidine groups is 1. The Morgan fingerprint density at radius 1 is 1.16 bits per heavy atom. The molecule has 1 aromatic heterocycles.